The summed E-state index contributed by atoms with van der Waals surface area (Å²) in [5, 5.41) is 14.4. The van der Waals surface area contributed by atoms with Gasteiger partial charge in [-0.1, -0.05) is 6.07 Å². The van der Waals surface area contributed by atoms with Gasteiger partial charge in [0.15, 0.2) is 17.3 Å². The summed E-state index contributed by atoms with van der Waals surface area (Å²) in [6.07, 6.45) is 2.66. The van der Waals surface area contributed by atoms with E-state index in [2.05, 4.69) is 44.8 Å². The van der Waals surface area contributed by atoms with E-state index in [0.29, 0.717) is 29.8 Å². The van der Waals surface area contributed by atoms with Crippen LogP contribution in [0, 0.1) is 0 Å². The quantitative estimate of drug-likeness (QED) is 0.631. The molecule has 0 saturated heterocycles. The number of anilines is 2. The second kappa shape index (κ2) is 9.63. The van der Waals surface area contributed by atoms with Gasteiger partial charge in [0.05, 0.1) is 20.4 Å². The van der Waals surface area contributed by atoms with Crippen molar-refractivity contribution in [3.8, 4) is 11.5 Å². The van der Waals surface area contributed by atoms with Gasteiger partial charge in [-0.25, -0.2) is 0 Å². The number of nitrogens with zero attached hydrogens (tertiary/aromatic N) is 4. The van der Waals surface area contributed by atoms with E-state index in [4.69, 9.17) is 9.47 Å². The summed E-state index contributed by atoms with van der Waals surface area (Å²) in [4.78, 5) is 6.56. The van der Waals surface area contributed by atoms with Gasteiger partial charge in [0, 0.05) is 13.1 Å². The van der Waals surface area contributed by atoms with E-state index in [-0.39, 0.29) is 0 Å². The molecule has 136 valence electrons. The van der Waals surface area contributed by atoms with Gasteiger partial charge < -0.3 is 25.0 Å². The van der Waals surface area contributed by atoms with E-state index in [1.54, 1.807) is 20.4 Å². The number of aromatic nitrogens is 3. The third kappa shape index (κ3) is 6.07. The number of hydrogen-bond donors (Lipinski definition) is 2. The summed E-state index contributed by atoms with van der Waals surface area (Å²) in [5.74, 6) is 2.58. The largest absolute Gasteiger partial charge is 0.493 e. The highest BCUT2D eigenvalue weighted by Gasteiger charge is 2.06. The van der Waals surface area contributed by atoms with Gasteiger partial charge in [0.25, 0.3) is 0 Å². The van der Waals surface area contributed by atoms with Crippen molar-refractivity contribution in [2.75, 3.05) is 52.0 Å². The third-order valence-electron chi connectivity index (χ3n) is 3.55. The van der Waals surface area contributed by atoms with Crippen LogP contribution in [0.15, 0.2) is 24.4 Å². The lowest BCUT2D eigenvalue weighted by Gasteiger charge is -2.11. The molecule has 0 saturated carbocycles. The van der Waals surface area contributed by atoms with E-state index in [9.17, 15) is 0 Å². The molecule has 0 amide bonds. The zero-order valence-electron chi connectivity index (χ0n) is 15.2. The first-order chi connectivity index (χ1) is 12.1. The zero-order valence-corrected chi connectivity index (χ0v) is 15.2. The molecule has 0 spiro atoms. The van der Waals surface area contributed by atoms with Crippen LogP contribution in [-0.2, 0) is 6.54 Å². The number of nitrogens with one attached hydrogen (secondary N) is 2. The maximum atomic E-state index is 5.31. The molecule has 2 N–H and O–H groups in total. The average Bonchev–Trinajstić information content (AvgIpc) is 2.63. The summed E-state index contributed by atoms with van der Waals surface area (Å²) in [7, 11) is 7.35. The Morgan fingerprint density at radius 1 is 1.08 bits per heavy atom. The molecule has 2 rings (SSSR count). The second-order valence-corrected chi connectivity index (χ2v) is 5.79. The van der Waals surface area contributed by atoms with Crippen LogP contribution in [0.3, 0.4) is 0 Å². The van der Waals surface area contributed by atoms with Crippen LogP contribution in [-0.4, -0.2) is 61.5 Å². The molecule has 0 bridgehead atoms. The van der Waals surface area contributed by atoms with Gasteiger partial charge in [0.1, 0.15) is 0 Å². The molecule has 0 unspecified atom stereocenters. The highest BCUT2D eigenvalue weighted by Crippen LogP contribution is 2.27. The van der Waals surface area contributed by atoms with E-state index in [0.717, 1.165) is 25.1 Å². The summed E-state index contributed by atoms with van der Waals surface area (Å²) in [5.41, 5.74) is 1.03. The van der Waals surface area contributed by atoms with Crippen molar-refractivity contribution in [2.24, 2.45) is 0 Å². The Kier molecular flexibility index (Phi) is 7.21. The van der Waals surface area contributed by atoms with Crippen LogP contribution in [0.4, 0.5) is 11.8 Å². The second-order valence-electron chi connectivity index (χ2n) is 5.79. The van der Waals surface area contributed by atoms with E-state index < -0.39 is 0 Å². The highest BCUT2D eigenvalue weighted by molar-refractivity contribution is 5.44. The number of methoxy groups -OCH3 is 2. The molecule has 8 heteroatoms. The predicted octanol–water partition coefficient (Wildman–Crippen LogP) is 1.86. The van der Waals surface area contributed by atoms with Crippen molar-refractivity contribution in [1.82, 2.24) is 20.1 Å². The standard InChI is InChI=1S/C17H26N6O2/c1-23(2)9-5-8-18-16-12-20-22-17(21-16)19-11-13-6-7-14(24-3)15(10-13)25-4/h6-7,10,12H,5,8-9,11H2,1-4H3,(H2,18,19,21,22). The Morgan fingerprint density at radius 3 is 2.60 bits per heavy atom. The topological polar surface area (TPSA) is 84.4 Å². The minimum atomic E-state index is 0.479. The Hall–Kier alpha value is -2.61. The van der Waals surface area contributed by atoms with Gasteiger partial charge in [-0.2, -0.15) is 10.1 Å². The molecule has 0 aliphatic carbocycles. The number of ether oxygens (including phenoxy) is 2. The molecule has 0 radical (unpaired) electrons. The average molecular weight is 346 g/mol. The molecule has 1 aromatic carbocycles. The van der Waals surface area contributed by atoms with Crippen molar-refractivity contribution in [3.63, 3.8) is 0 Å². The maximum Gasteiger partial charge on any atom is 0.244 e. The summed E-state index contributed by atoms with van der Waals surface area (Å²) in [6.45, 7) is 2.42. The van der Waals surface area contributed by atoms with E-state index in [1.165, 1.54) is 0 Å². The number of benzene rings is 1. The van der Waals surface area contributed by atoms with Crippen LogP contribution in [0.25, 0.3) is 0 Å². The highest BCUT2D eigenvalue weighted by atomic mass is 16.5. The smallest absolute Gasteiger partial charge is 0.244 e. The molecular weight excluding hydrogens is 320 g/mol. The summed E-state index contributed by atoms with van der Waals surface area (Å²) in [6, 6.07) is 5.76. The number of rotatable bonds is 10. The van der Waals surface area contributed by atoms with Gasteiger partial charge in [-0.15, -0.1) is 5.10 Å². The molecule has 25 heavy (non-hydrogen) atoms. The van der Waals surface area contributed by atoms with Crippen molar-refractivity contribution >= 4 is 11.8 Å². The SMILES string of the molecule is COc1ccc(CNc2nncc(NCCCN(C)C)n2)cc1OC. The van der Waals surface area contributed by atoms with Crippen molar-refractivity contribution in [1.29, 1.82) is 0 Å². The normalized spacial score (nSPS) is 10.6. The summed E-state index contributed by atoms with van der Waals surface area (Å²) >= 11 is 0. The number of hydrogen-bond acceptors (Lipinski definition) is 8. The van der Waals surface area contributed by atoms with Crippen LogP contribution >= 0.6 is 0 Å². The fourth-order valence-corrected chi connectivity index (χ4v) is 2.25. The first-order valence-electron chi connectivity index (χ1n) is 8.15. The van der Waals surface area contributed by atoms with Crippen LogP contribution in [0.2, 0.25) is 0 Å². The van der Waals surface area contributed by atoms with Gasteiger partial charge in [0.2, 0.25) is 5.95 Å². The summed E-state index contributed by atoms with van der Waals surface area (Å²) < 4.78 is 10.5. The first kappa shape index (κ1) is 18.7. The molecule has 2 aromatic rings. The lowest BCUT2D eigenvalue weighted by Crippen LogP contribution is -2.17. The van der Waals surface area contributed by atoms with Crippen LogP contribution < -0.4 is 20.1 Å². The van der Waals surface area contributed by atoms with Crippen LogP contribution in [0.1, 0.15) is 12.0 Å². The fraction of sp³-hybridized carbons (Fsp3) is 0.471. The molecule has 0 fully saturated rings. The van der Waals surface area contributed by atoms with Crippen LogP contribution in [0.5, 0.6) is 11.5 Å². The lowest BCUT2D eigenvalue weighted by atomic mass is 10.2. The zero-order chi connectivity index (χ0) is 18.1. The molecular formula is C17H26N6O2. The van der Waals surface area contributed by atoms with Crippen molar-refractivity contribution in [2.45, 2.75) is 13.0 Å². The Morgan fingerprint density at radius 2 is 1.88 bits per heavy atom. The molecule has 0 aliphatic heterocycles. The van der Waals surface area contributed by atoms with Gasteiger partial charge in [-0.05, 0) is 44.8 Å². The van der Waals surface area contributed by atoms with Gasteiger partial charge >= 0.3 is 0 Å². The van der Waals surface area contributed by atoms with E-state index >= 15 is 0 Å². The minimum absolute atomic E-state index is 0.479. The van der Waals surface area contributed by atoms with E-state index in [1.807, 2.05) is 18.2 Å². The Balaban J connectivity index is 1.89. The van der Waals surface area contributed by atoms with Gasteiger partial charge in [-0.3, -0.25) is 0 Å². The Labute approximate surface area is 148 Å². The fourth-order valence-electron chi connectivity index (χ4n) is 2.25. The molecule has 0 aliphatic rings. The lowest BCUT2D eigenvalue weighted by molar-refractivity contribution is 0.354. The monoisotopic (exact) mass is 346 g/mol. The molecule has 0 atom stereocenters. The maximum absolute atomic E-state index is 5.31. The van der Waals surface area contributed by atoms with Crippen molar-refractivity contribution < 1.29 is 9.47 Å². The first-order valence-corrected chi connectivity index (χ1v) is 8.15. The Bertz CT molecular complexity index is 665. The molecule has 1 aromatic heterocycles. The van der Waals surface area contributed by atoms with Crippen molar-refractivity contribution in [3.05, 3.63) is 30.0 Å². The minimum Gasteiger partial charge on any atom is -0.493 e. The third-order valence-corrected chi connectivity index (χ3v) is 3.55. The molecule has 8 nitrogen and oxygen atoms in total. The predicted molar refractivity (Wildman–Crippen MR) is 98.4 cm³/mol. The molecule has 1 heterocycles.